The Morgan fingerprint density at radius 1 is 0.250 bits per heavy atom. The molecule has 0 radical (unpaired) electrons. The smallest absolute Gasteiger partial charge is 0.0546 e. The SMILES string of the molecule is CCc1ccc(N(c2ccc(CC)c(CC)c2)c2cc3c4ccccc4c(N(c4ccc(CC)c(CC)c4)c4ccc(CC)c(CC)c4)cc3c3ccccc23)cc1CC. The standard InChI is InChI=1S/C58H62N2/c1-9-39-25-29-47(33-43(39)13-5)59(48-30-26-40(10-2)44(14-6)34-48)57-37-55-52-22-18-20-24-54(52)58(38-56(55)51-21-17-19-23-53(51)57)60(49-31-27-41(11-3)45(15-7)35-49)50-32-28-42(12-4)46(16-8)36-50/h17-38H,9-16H2,1-8H3. The highest BCUT2D eigenvalue weighted by molar-refractivity contribution is 6.24. The molecule has 8 aromatic carbocycles. The van der Waals surface area contributed by atoms with Crippen LogP contribution in [0.3, 0.4) is 0 Å². The topological polar surface area (TPSA) is 6.48 Å². The molecule has 2 heteroatoms. The van der Waals surface area contributed by atoms with Crippen LogP contribution >= 0.6 is 0 Å². The van der Waals surface area contributed by atoms with E-state index in [1.165, 1.54) is 111 Å². The normalized spacial score (nSPS) is 11.5. The van der Waals surface area contributed by atoms with Crippen LogP contribution in [0.25, 0.3) is 32.3 Å². The fourth-order valence-electron chi connectivity index (χ4n) is 9.84. The first-order valence-corrected chi connectivity index (χ1v) is 22.8. The van der Waals surface area contributed by atoms with Crippen LogP contribution in [0, 0.1) is 0 Å². The molecule has 0 aromatic heterocycles. The number of nitrogens with zero attached hydrogens (tertiary/aromatic N) is 2. The van der Waals surface area contributed by atoms with E-state index >= 15 is 0 Å². The van der Waals surface area contributed by atoms with Gasteiger partial charge in [0.2, 0.25) is 0 Å². The first-order valence-electron chi connectivity index (χ1n) is 22.8. The van der Waals surface area contributed by atoms with Crippen molar-refractivity contribution in [2.75, 3.05) is 9.80 Å². The van der Waals surface area contributed by atoms with Crippen LogP contribution < -0.4 is 9.80 Å². The van der Waals surface area contributed by atoms with Crippen molar-refractivity contribution in [1.82, 2.24) is 0 Å². The number of fused-ring (bicyclic) bond motifs is 5. The second-order valence-electron chi connectivity index (χ2n) is 16.3. The maximum atomic E-state index is 2.54. The summed E-state index contributed by atoms with van der Waals surface area (Å²) in [5, 5.41) is 7.54. The molecule has 0 spiro atoms. The van der Waals surface area contributed by atoms with Gasteiger partial charge < -0.3 is 9.80 Å². The quantitative estimate of drug-likeness (QED) is 0.101. The molecule has 0 fully saturated rings. The number of hydrogen-bond acceptors (Lipinski definition) is 2. The number of aryl methyl sites for hydroxylation is 8. The van der Waals surface area contributed by atoms with E-state index in [4.69, 9.17) is 0 Å². The van der Waals surface area contributed by atoms with Gasteiger partial charge in [0.15, 0.2) is 0 Å². The van der Waals surface area contributed by atoms with Gasteiger partial charge in [-0.2, -0.15) is 0 Å². The largest absolute Gasteiger partial charge is 0.310 e. The van der Waals surface area contributed by atoms with Crippen LogP contribution in [0.1, 0.15) is 99.9 Å². The Balaban J connectivity index is 1.46. The molecule has 304 valence electrons. The molecule has 8 aromatic rings. The van der Waals surface area contributed by atoms with Gasteiger partial charge in [0, 0.05) is 33.5 Å². The van der Waals surface area contributed by atoms with E-state index in [1.807, 2.05) is 0 Å². The van der Waals surface area contributed by atoms with Crippen LogP contribution in [0.2, 0.25) is 0 Å². The van der Waals surface area contributed by atoms with Crippen molar-refractivity contribution >= 4 is 66.4 Å². The van der Waals surface area contributed by atoms with E-state index in [2.05, 4.69) is 199 Å². The molecule has 0 bridgehead atoms. The Hall–Kier alpha value is -5.86. The second kappa shape index (κ2) is 17.8. The Kier molecular flexibility index (Phi) is 12.1. The highest BCUT2D eigenvalue weighted by atomic mass is 15.2. The average molecular weight is 787 g/mol. The van der Waals surface area contributed by atoms with E-state index < -0.39 is 0 Å². The Morgan fingerprint density at radius 3 is 0.750 bits per heavy atom. The van der Waals surface area contributed by atoms with E-state index in [0.717, 1.165) is 51.4 Å². The molecule has 2 nitrogen and oxygen atoms in total. The lowest BCUT2D eigenvalue weighted by atomic mass is 9.92. The summed E-state index contributed by atoms with van der Waals surface area (Å²) in [6.45, 7) is 18.2. The lowest BCUT2D eigenvalue weighted by Crippen LogP contribution is -2.13. The summed E-state index contributed by atoms with van der Waals surface area (Å²) in [5.74, 6) is 0. The Morgan fingerprint density at radius 2 is 0.500 bits per heavy atom. The zero-order chi connectivity index (χ0) is 41.9. The van der Waals surface area contributed by atoms with Crippen molar-refractivity contribution in [2.24, 2.45) is 0 Å². The molecule has 0 aliphatic carbocycles. The van der Waals surface area contributed by atoms with Gasteiger partial charge >= 0.3 is 0 Å². The summed E-state index contributed by atoms with van der Waals surface area (Å²) in [7, 11) is 0. The van der Waals surface area contributed by atoms with Crippen molar-refractivity contribution < 1.29 is 0 Å². The van der Waals surface area contributed by atoms with Gasteiger partial charge in [0.25, 0.3) is 0 Å². The van der Waals surface area contributed by atoms with Gasteiger partial charge in [-0.25, -0.2) is 0 Å². The number of anilines is 6. The summed E-state index contributed by atoms with van der Waals surface area (Å²) >= 11 is 0. The van der Waals surface area contributed by atoms with Crippen LogP contribution in [0.15, 0.2) is 133 Å². The molecule has 0 unspecified atom stereocenters. The van der Waals surface area contributed by atoms with E-state index in [-0.39, 0.29) is 0 Å². The molecule has 0 aliphatic heterocycles. The Bertz CT molecular complexity index is 2520. The van der Waals surface area contributed by atoms with E-state index in [1.54, 1.807) is 0 Å². The minimum Gasteiger partial charge on any atom is -0.310 e. The molecule has 0 saturated carbocycles. The van der Waals surface area contributed by atoms with E-state index in [9.17, 15) is 0 Å². The van der Waals surface area contributed by atoms with Crippen molar-refractivity contribution in [3.05, 3.63) is 178 Å². The van der Waals surface area contributed by atoms with Gasteiger partial charge in [0.05, 0.1) is 11.4 Å². The lowest BCUT2D eigenvalue weighted by Gasteiger charge is -2.31. The third-order valence-electron chi connectivity index (χ3n) is 13.2. The average Bonchev–Trinajstić information content (AvgIpc) is 3.31. The molecule has 0 saturated heterocycles. The molecular weight excluding hydrogens is 725 g/mol. The molecule has 0 amide bonds. The molecule has 0 aliphatic rings. The molecule has 0 N–H and O–H groups in total. The van der Waals surface area contributed by atoms with Crippen LogP contribution in [-0.4, -0.2) is 0 Å². The van der Waals surface area contributed by atoms with Crippen molar-refractivity contribution in [1.29, 1.82) is 0 Å². The van der Waals surface area contributed by atoms with Crippen molar-refractivity contribution in [2.45, 2.75) is 107 Å². The monoisotopic (exact) mass is 786 g/mol. The summed E-state index contributed by atoms with van der Waals surface area (Å²) in [6.07, 6.45) is 8.14. The third kappa shape index (κ3) is 7.36. The van der Waals surface area contributed by atoms with Gasteiger partial charge in [-0.05, 0) is 178 Å². The van der Waals surface area contributed by atoms with E-state index in [0.29, 0.717) is 0 Å². The summed E-state index contributed by atoms with van der Waals surface area (Å²) in [6, 6.07) is 51.8. The first-order chi connectivity index (χ1) is 29.4. The number of hydrogen-bond donors (Lipinski definition) is 0. The minimum atomic E-state index is 1.00. The van der Waals surface area contributed by atoms with Gasteiger partial charge in [-0.3, -0.25) is 0 Å². The van der Waals surface area contributed by atoms with Crippen molar-refractivity contribution in [3.8, 4) is 0 Å². The predicted molar refractivity (Wildman–Crippen MR) is 263 cm³/mol. The molecule has 0 heterocycles. The lowest BCUT2D eigenvalue weighted by molar-refractivity contribution is 1.03. The van der Waals surface area contributed by atoms with Crippen LogP contribution in [0.5, 0.6) is 0 Å². The predicted octanol–water partition coefficient (Wildman–Crippen LogP) is 16.6. The highest BCUT2D eigenvalue weighted by Gasteiger charge is 2.24. The van der Waals surface area contributed by atoms with Gasteiger partial charge in [-0.15, -0.1) is 0 Å². The summed E-state index contributed by atoms with van der Waals surface area (Å²) in [5.41, 5.74) is 18.6. The highest BCUT2D eigenvalue weighted by Crippen LogP contribution is 2.48. The fourth-order valence-corrected chi connectivity index (χ4v) is 9.84. The fraction of sp³-hybridized carbons (Fsp3) is 0.276. The zero-order valence-electron chi connectivity index (χ0n) is 37.3. The molecule has 8 rings (SSSR count). The van der Waals surface area contributed by atoms with Crippen LogP contribution in [-0.2, 0) is 51.4 Å². The van der Waals surface area contributed by atoms with Gasteiger partial charge in [-0.1, -0.05) is 128 Å². The molecule has 60 heavy (non-hydrogen) atoms. The third-order valence-corrected chi connectivity index (χ3v) is 13.2. The Labute approximate surface area is 359 Å². The zero-order valence-corrected chi connectivity index (χ0v) is 37.3. The first kappa shape index (κ1) is 40.9. The minimum absolute atomic E-state index is 1.00. The van der Waals surface area contributed by atoms with Gasteiger partial charge in [0.1, 0.15) is 0 Å². The molecule has 0 atom stereocenters. The molecular formula is C58H62N2. The summed E-state index contributed by atoms with van der Waals surface area (Å²) < 4.78 is 0. The second-order valence-corrected chi connectivity index (χ2v) is 16.3. The van der Waals surface area contributed by atoms with Crippen LogP contribution in [0.4, 0.5) is 34.1 Å². The van der Waals surface area contributed by atoms with Crippen molar-refractivity contribution in [3.63, 3.8) is 0 Å². The number of benzene rings is 8. The maximum Gasteiger partial charge on any atom is 0.0546 e. The summed E-state index contributed by atoms with van der Waals surface area (Å²) in [4.78, 5) is 5.08. The number of rotatable bonds is 14. The maximum absolute atomic E-state index is 2.54.